The van der Waals surface area contributed by atoms with Gasteiger partial charge in [0.15, 0.2) is 0 Å². The first kappa shape index (κ1) is 9.21. The van der Waals surface area contributed by atoms with E-state index in [-0.39, 0.29) is 0 Å². The molecule has 72 valence electrons. The van der Waals surface area contributed by atoms with Gasteiger partial charge in [-0.1, -0.05) is 29.8 Å². The summed E-state index contributed by atoms with van der Waals surface area (Å²) in [4.78, 5) is 0. The Morgan fingerprint density at radius 2 is 2.00 bits per heavy atom. The fourth-order valence-electron chi connectivity index (χ4n) is 1.21. The summed E-state index contributed by atoms with van der Waals surface area (Å²) < 4.78 is 13.9. The Balaban J connectivity index is 2.48. The van der Waals surface area contributed by atoms with Crippen LogP contribution >= 0.6 is 11.6 Å². The number of para-hydroxylation sites is 1. The average Bonchev–Trinajstić information content (AvgIpc) is 2.61. The summed E-state index contributed by atoms with van der Waals surface area (Å²) in [7, 11) is 0. The molecule has 0 aliphatic heterocycles. The highest BCUT2D eigenvalue weighted by molar-refractivity contribution is 6.30. The smallest absolute Gasteiger partial charge is 0.138 e. The van der Waals surface area contributed by atoms with Crippen LogP contribution in [0.25, 0.3) is 5.69 Å². The molecule has 2 rings (SSSR count). The Bertz CT molecular complexity index is 425. The molecule has 1 aromatic heterocycles. The van der Waals surface area contributed by atoms with E-state index in [1.807, 2.05) is 30.3 Å². The third kappa shape index (κ3) is 1.51. The van der Waals surface area contributed by atoms with Crippen LogP contribution in [0.5, 0.6) is 0 Å². The summed E-state index contributed by atoms with van der Waals surface area (Å²) >= 11 is 5.92. The molecule has 0 saturated heterocycles. The Kier molecular flexibility index (Phi) is 2.50. The van der Waals surface area contributed by atoms with Crippen LogP contribution in [0.15, 0.2) is 36.5 Å². The van der Waals surface area contributed by atoms with Gasteiger partial charge in [0.25, 0.3) is 0 Å². The van der Waals surface area contributed by atoms with Gasteiger partial charge in [0.2, 0.25) is 0 Å². The molecule has 0 aliphatic carbocycles. The lowest BCUT2D eigenvalue weighted by atomic mass is 10.3. The molecule has 0 N–H and O–H groups in total. The van der Waals surface area contributed by atoms with Crippen molar-refractivity contribution in [3.05, 3.63) is 47.2 Å². The van der Waals surface area contributed by atoms with Gasteiger partial charge in [0, 0.05) is 5.56 Å². The van der Waals surface area contributed by atoms with Crippen molar-refractivity contribution in [2.45, 2.75) is 6.67 Å². The Labute approximate surface area is 85.9 Å². The van der Waals surface area contributed by atoms with Gasteiger partial charge in [0.1, 0.15) is 11.8 Å². The second-order valence-corrected chi connectivity index (χ2v) is 3.20. The number of nitrogens with zero attached hydrogens (tertiary/aromatic N) is 2. The minimum Gasteiger partial charge on any atom is -0.246 e. The molecule has 0 radical (unpaired) electrons. The van der Waals surface area contributed by atoms with E-state index in [2.05, 4.69) is 5.10 Å². The molecule has 14 heavy (non-hydrogen) atoms. The van der Waals surface area contributed by atoms with Gasteiger partial charge in [-0.05, 0) is 12.1 Å². The van der Waals surface area contributed by atoms with E-state index in [4.69, 9.17) is 11.6 Å². The highest BCUT2D eigenvalue weighted by Gasteiger charge is 2.08. The van der Waals surface area contributed by atoms with Gasteiger partial charge in [-0.2, -0.15) is 5.10 Å². The van der Waals surface area contributed by atoms with E-state index in [1.54, 1.807) is 0 Å². The molecular weight excluding hydrogens is 203 g/mol. The molecule has 0 aliphatic rings. The van der Waals surface area contributed by atoms with E-state index < -0.39 is 6.67 Å². The predicted octanol–water partition coefficient (Wildman–Crippen LogP) is 3.00. The normalized spacial score (nSPS) is 10.4. The summed E-state index contributed by atoms with van der Waals surface area (Å²) in [6.45, 7) is -0.592. The van der Waals surface area contributed by atoms with Crippen molar-refractivity contribution < 1.29 is 4.39 Å². The van der Waals surface area contributed by atoms with Crippen molar-refractivity contribution in [2.75, 3.05) is 0 Å². The maximum absolute atomic E-state index is 12.4. The fraction of sp³-hybridized carbons (Fsp3) is 0.100. The van der Waals surface area contributed by atoms with E-state index in [0.717, 1.165) is 5.69 Å². The first-order valence-corrected chi connectivity index (χ1v) is 4.54. The van der Waals surface area contributed by atoms with Crippen molar-refractivity contribution in [2.24, 2.45) is 0 Å². The number of benzene rings is 1. The van der Waals surface area contributed by atoms with Crippen LogP contribution < -0.4 is 0 Å². The molecule has 0 atom stereocenters. The number of hydrogen-bond acceptors (Lipinski definition) is 1. The Morgan fingerprint density at radius 1 is 1.29 bits per heavy atom. The summed E-state index contributed by atoms with van der Waals surface area (Å²) in [5, 5.41) is 4.33. The van der Waals surface area contributed by atoms with Crippen LogP contribution in [-0.2, 0) is 6.67 Å². The molecule has 2 nitrogen and oxygen atoms in total. The molecule has 2 aromatic rings. The van der Waals surface area contributed by atoms with Crippen molar-refractivity contribution in [1.82, 2.24) is 9.78 Å². The molecule has 1 aromatic carbocycles. The number of rotatable bonds is 2. The lowest BCUT2D eigenvalue weighted by molar-refractivity contribution is 0.485. The van der Waals surface area contributed by atoms with Crippen molar-refractivity contribution >= 4 is 11.6 Å². The van der Waals surface area contributed by atoms with Crippen LogP contribution in [0.3, 0.4) is 0 Å². The number of hydrogen-bond donors (Lipinski definition) is 0. The van der Waals surface area contributed by atoms with E-state index >= 15 is 0 Å². The van der Waals surface area contributed by atoms with Gasteiger partial charge in [0.05, 0.1) is 11.9 Å². The second kappa shape index (κ2) is 3.80. The maximum atomic E-state index is 12.4. The zero-order valence-corrected chi connectivity index (χ0v) is 8.08. The molecule has 0 bridgehead atoms. The average molecular weight is 211 g/mol. The molecule has 0 fully saturated rings. The third-order valence-electron chi connectivity index (χ3n) is 1.92. The monoisotopic (exact) mass is 210 g/mol. The maximum Gasteiger partial charge on any atom is 0.138 e. The van der Waals surface area contributed by atoms with Gasteiger partial charge >= 0.3 is 0 Å². The highest BCUT2D eigenvalue weighted by atomic mass is 35.5. The molecular formula is C10H8ClFN2. The van der Waals surface area contributed by atoms with Gasteiger partial charge in [-0.25, -0.2) is 9.07 Å². The van der Waals surface area contributed by atoms with Crippen molar-refractivity contribution in [3.8, 4) is 5.69 Å². The molecule has 1 heterocycles. The summed E-state index contributed by atoms with van der Waals surface area (Å²) in [5.74, 6) is 0. The van der Waals surface area contributed by atoms with Crippen LogP contribution in [-0.4, -0.2) is 9.78 Å². The number of alkyl halides is 1. The van der Waals surface area contributed by atoms with Crippen LogP contribution in [0.1, 0.15) is 5.56 Å². The molecule has 0 unspecified atom stereocenters. The molecule has 0 amide bonds. The highest BCUT2D eigenvalue weighted by Crippen LogP contribution is 2.20. The molecule has 0 spiro atoms. The van der Waals surface area contributed by atoms with E-state index in [0.29, 0.717) is 10.7 Å². The second-order valence-electron chi connectivity index (χ2n) is 2.84. The third-order valence-corrected chi connectivity index (χ3v) is 2.33. The summed E-state index contributed by atoms with van der Waals surface area (Å²) in [6.07, 6.45) is 1.44. The largest absolute Gasteiger partial charge is 0.246 e. The SMILES string of the molecule is FCc1cnn(-c2ccccc2)c1Cl. The Hall–Kier alpha value is -1.35. The number of halogens is 2. The minimum absolute atomic E-state index is 0.332. The zero-order chi connectivity index (χ0) is 9.97. The van der Waals surface area contributed by atoms with Crippen LogP contribution in [0, 0.1) is 0 Å². The quantitative estimate of drug-likeness (QED) is 0.745. The first-order chi connectivity index (χ1) is 6.83. The lowest BCUT2D eigenvalue weighted by Gasteiger charge is -2.01. The van der Waals surface area contributed by atoms with Gasteiger partial charge in [-0.15, -0.1) is 0 Å². The zero-order valence-electron chi connectivity index (χ0n) is 7.32. The van der Waals surface area contributed by atoms with Gasteiger partial charge < -0.3 is 0 Å². The van der Waals surface area contributed by atoms with Crippen LogP contribution in [0.4, 0.5) is 4.39 Å². The predicted molar refractivity (Wildman–Crippen MR) is 53.4 cm³/mol. The minimum atomic E-state index is -0.592. The van der Waals surface area contributed by atoms with E-state index in [9.17, 15) is 4.39 Å². The van der Waals surface area contributed by atoms with Crippen molar-refractivity contribution in [3.63, 3.8) is 0 Å². The van der Waals surface area contributed by atoms with Gasteiger partial charge in [-0.3, -0.25) is 0 Å². The number of aromatic nitrogens is 2. The molecule has 0 saturated carbocycles. The fourth-order valence-corrected chi connectivity index (χ4v) is 1.45. The lowest BCUT2D eigenvalue weighted by Crippen LogP contribution is -1.95. The molecule has 4 heteroatoms. The Morgan fingerprint density at radius 3 is 2.57 bits per heavy atom. The van der Waals surface area contributed by atoms with Crippen molar-refractivity contribution in [1.29, 1.82) is 0 Å². The standard InChI is InChI=1S/C10H8ClFN2/c11-10-8(6-12)7-13-14(10)9-4-2-1-3-5-9/h1-5,7H,6H2. The summed E-state index contributed by atoms with van der Waals surface area (Å²) in [5.41, 5.74) is 1.24. The first-order valence-electron chi connectivity index (χ1n) is 4.16. The van der Waals surface area contributed by atoms with E-state index in [1.165, 1.54) is 10.9 Å². The van der Waals surface area contributed by atoms with Crippen LogP contribution in [0.2, 0.25) is 5.15 Å². The topological polar surface area (TPSA) is 17.8 Å². The summed E-state index contributed by atoms with van der Waals surface area (Å²) in [6, 6.07) is 9.38.